The second-order valence-corrected chi connectivity index (χ2v) is 2.40. The van der Waals surface area contributed by atoms with E-state index in [2.05, 4.69) is 10.3 Å². The van der Waals surface area contributed by atoms with E-state index >= 15 is 0 Å². The minimum Gasteiger partial charge on any atom is -0.325 e. The maximum atomic E-state index is 10.6. The number of hydrogen-bond acceptors (Lipinski definition) is 3. The lowest BCUT2D eigenvalue weighted by molar-refractivity contribution is -0.114. The van der Waals surface area contributed by atoms with E-state index in [-0.39, 0.29) is 5.91 Å². The summed E-state index contributed by atoms with van der Waals surface area (Å²) >= 11 is 0. The van der Waals surface area contributed by atoms with Gasteiger partial charge < -0.3 is 11.1 Å². The fourth-order valence-corrected chi connectivity index (χ4v) is 0.843. The third-order valence-corrected chi connectivity index (χ3v) is 1.32. The molecular weight excluding hydrogens is 154 g/mol. The van der Waals surface area contributed by atoms with E-state index in [4.69, 9.17) is 5.73 Å². The average Bonchev–Trinajstić information content (AvgIpc) is 2.03. The van der Waals surface area contributed by atoms with Crippen molar-refractivity contribution < 1.29 is 4.79 Å². The number of pyridine rings is 1. The Kier molecular flexibility index (Phi) is 2.76. The molecule has 1 amide bonds. The van der Waals surface area contributed by atoms with E-state index in [1.54, 1.807) is 12.1 Å². The zero-order chi connectivity index (χ0) is 8.97. The van der Waals surface area contributed by atoms with E-state index in [9.17, 15) is 4.79 Å². The highest BCUT2D eigenvalue weighted by Gasteiger charge is 1.96. The molecule has 1 aromatic heterocycles. The summed E-state index contributed by atoms with van der Waals surface area (Å²) in [5.74, 6) is 0.419. The van der Waals surface area contributed by atoms with Crippen LogP contribution in [0.5, 0.6) is 0 Å². The molecule has 0 aliphatic rings. The number of carbonyl (C=O) groups is 1. The molecule has 0 unspecified atom stereocenters. The summed E-state index contributed by atoms with van der Waals surface area (Å²) in [6.45, 7) is 1.82. The lowest BCUT2D eigenvalue weighted by atomic mass is 10.3. The average molecular weight is 165 g/mol. The molecule has 3 N–H and O–H groups in total. The van der Waals surface area contributed by atoms with Crippen LogP contribution in [0.15, 0.2) is 18.2 Å². The standard InChI is InChI=1S/C8H11N3O/c1-6(12)10-8-4-2-3-7(5-9)11-8/h2-4H,5,9H2,1H3,(H,10,11,12). The van der Waals surface area contributed by atoms with Crippen LogP contribution in [0, 0.1) is 0 Å². The van der Waals surface area contributed by atoms with E-state index < -0.39 is 0 Å². The lowest BCUT2D eigenvalue weighted by Gasteiger charge is -2.01. The molecule has 0 aliphatic heterocycles. The molecule has 0 fully saturated rings. The highest BCUT2D eigenvalue weighted by Crippen LogP contribution is 2.03. The van der Waals surface area contributed by atoms with Crippen LogP contribution in [0.3, 0.4) is 0 Å². The summed E-state index contributed by atoms with van der Waals surface area (Å²) in [6.07, 6.45) is 0. The van der Waals surface area contributed by atoms with Crippen LogP contribution >= 0.6 is 0 Å². The topological polar surface area (TPSA) is 68.0 Å². The summed E-state index contributed by atoms with van der Waals surface area (Å²) in [7, 11) is 0. The van der Waals surface area contributed by atoms with E-state index in [1.165, 1.54) is 6.92 Å². The van der Waals surface area contributed by atoms with E-state index in [1.807, 2.05) is 6.07 Å². The minimum atomic E-state index is -0.128. The summed E-state index contributed by atoms with van der Waals surface area (Å²) in [4.78, 5) is 14.7. The van der Waals surface area contributed by atoms with Gasteiger partial charge in [0.05, 0.1) is 5.69 Å². The van der Waals surface area contributed by atoms with Crippen molar-refractivity contribution in [2.45, 2.75) is 13.5 Å². The Balaban J connectivity index is 2.79. The number of aromatic nitrogens is 1. The first-order valence-corrected chi connectivity index (χ1v) is 3.66. The molecule has 1 heterocycles. The molecule has 1 aromatic rings. The number of amides is 1. The molecule has 0 aliphatic carbocycles. The number of anilines is 1. The minimum absolute atomic E-state index is 0.128. The predicted molar refractivity (Wildman–Crippen MR) is 46.4 cm³/mol. The van der Waals surface area contributed by atoms with Gasteiger partial charge in [-0.25, -0.2) is 4.98 Å². The van der Waals surface area contributed by atoms with Crippen molar-refractivity contribution in [2.24, 2.45) is 5.73 Å². The molecule has 4 heteroatoms. The Bertz CT molecular complexity index is 285. The Morgan fingerprint density at radius 1 is 1.67 bits per heavy atom. The molecule has 0 atom stereocenters. The largest absolute Gasteiger partial charge is 0.325 e. The van der Waals surface area contributed by atoms with E-state index in [0.717, 1.165) is 5.69 Å². The molecule has 0 aromatic carbocycles. The van der Waals surface area contributed by atoms with Crippen molar-refractivity contribution in [3.05, 3.63) is 23.9 Å². The smallest absolute Gasteiger partial charge is 0.222 e. The molecule has 0 radical (unpaired) electrons. The molecule has 12 heavy (non-hydrogen) atoms. The quantitative estimate of drug-likeness (QED) is 0.670. The summed E-state index contributed by atoms with van der Waals surface area (Å²) in [6, 6.07) is 5.34. The van der Waals surface area contributed by atoms with Crippen LogP contribution in [-0.4, -0.2) is 10.9 Å². The van der Waals surface area contributed by atoms with Crippen molar-refractivity contribution in [1.82, 2.24) is 4.98 Å². The van der Waals surface area contributed by atoms with Crippen molar-refractivity contribution in [3.8, 4) is 0 Å². The second kappa shape index (κ2) is 3.82. The van der Waals surface area contributed by atoms with Gasteiger partial charge in [-0.1, -0.05) is 6.07 Å². The van der Waals surface area contributed by atoms with Crippen molar-refractivity contribution in [2.75, 3.05) is 5.32 Å². The Morgan fingerprint density at radius 3 is 3.00 bits per heavy atom. The number of carbonyl (C=O) groups excluding carboxylic acids is 1. The number of nitrogens with two attached hydrogens (primary N) is 1. The van der Waals surface area contributed by atoms with Gasteiger partial charge in [-0.3, -0.25) is 4.79 Å². The monoisotopic (exact) mass is 165 g/mol. The lowest BCUT2D eigenvalue weighted by Crippen LogP contribution is -2.09. The summed E-state index contributed by atoms with van der Waals surface area (Å²) in [5, 5.41) is 2.57. The van der Waals surface area contributed by atoms with E-state index in [0.29, 0.717) is 12.4 Å². The fourth-order valence-electron chi connectivity index (χ4n) is 0.843. The normalized spacial score (nSPS) is 9.50. The van der Waals surface area contributed by atoms with Crippen LogP contribution in [0.25, 0.3) is 0 Å². The summed E-state index contributed by atoms with van der Waals surface area (Å²) < 4.78 is 0. The van der Waals surface area contributed by atoms with Gasteiger partial charge in [0.2, 0.25) is 5.91 Å². The zero-order valence-corrected chi connectivity index (χ0v) is 6.87. The fraction of sp³-hybridized carbons (Fsp3) is 0.250. The van der Waals surface area contributed by atoms with Crippen LogP contribution < -0.4 is 11.1 Å². The first-order valence-electron chi connectivity index (χ1n) is 3.66. The van der Waals surface area contributed by atoms with Crippen LogP contribution in [-0.2, 0) is 11.3 Å². The molecule has 1 rings (SSSR count). The summed E-state index contributed by atoms with van der Waals surface area (Å²) in [5.41, 5.74) is 6.14. The molecule has 0 bridgehead atoms. The second-order valence-electron chi connectivity index (χ2n) is 2.40. The molecule has 0 saturated heterocycles. The van der Waals surface area contributed by atoms with Gasteiger partial charge in [0.25, 0.3) is 0 Å². The van der Waals surface area contributed by atoms with Crippen LogP contribution in [0.1, 0.15) is 12.6 Å². The van der Waals surface area contributed by atoms with Crippen molar-refractivity contribution >= 4 is 11.7 Å². The molecular formula is C8H11N3O. The number of nitrogens with zero attached hydrogens (tertiary/aromatic N) is 1. The van der Waals surface area contributed by atoms with Crippen LogP contribution in [0.2, 0.25) is 0 Å². The maximum absolute atomic E-state index is 10.6. The first-order chi connectivity index (χ1) is 5.72. The molecule has 0 saturated carbocycles. The van der Waals surface area contributed by atoms with Gasteiger partial charge in [-0.2, -0.15) is 0 Å². The van der Waals surface area contributed by atoms with Gasteiger partial charge in [-0.05, 0) is 12.1 Å². The Labute approximate surface area is 70.8 Å². The van der Waals surface area contributed by atoms with Gasteiger partial charge in [-0.15, -0.1) is 0 Å². The number of hydrogen-bond donors (Lipinski definition) is 2. The Hall–Kier alpha value is -1.42. The van der Waals surface area contributed by atoms with Crippen LogP contribution in [0.4, 0.5) is 5.82 Å². The van der Waals surface area contributed by atoms with Crippen molar-refractivity contribution in [1.29, 1.82) is 0 Å². The molecule has 64 valence electrons. The maximum Gasteiger partial charge on any atom is 0.222 e. The zero-order valence-electron chi connectivity index (χ0n) is 6.87. The number of nitrogens with one attached hydrogen (secondary N) is 1. The third kappa shape index (κ3) is 2.32. The van der Waals surface area contributed by atoms with Gasteiger partial charge in [0.15, 0.2) is 0 Å². The predicted octanol–water partition coefficient (Wildman–Crippen LogP) is 0.499. The Morgan fingerprint density at radius 2 is 2.42 bits per heavy atom. The first kappa shape index (κ1) is 8.67. The SMILES string of the molecule is CC(=O)Nc1cccc(CN)n1. The molecule has 4 nitrogen and oxygen atoms in total. The highest BCUT2D eigenvalue weighted by molar-refractivity contribution is 5.87. The molecule has 0 spiro atoms. The van der Waals surface area contributed by atoms with Crippen molar-refractivity contribution in [3.63, 3.8) is 0 Å². The number of rotatable bonds is 2. The van der Waals surface area contributed by atoms with Gasteiger partial charge >= 0.3 is 0 Å². The highest BCUT2D eigenvalue weighted by atomic mass is 16.1. The van der Waals surface area contributed by atoms with Gasteiger partial charge in [0, 0.05) is 13.5 Å². The third-order valence-electron chi connectivity index (χ3n) is 1.32. The van der Waals surface area contributed by atoms with Gasteiger partial charge in [0.1, 0.15) is 5.82 Å².